The number of aryl methyl sites for hydroxylation is 2. The normalized spacial score (nSPS) is 13.8. The molecule has 0 amide bonds. The molecule has 6 heteroatoms. The van der Waals surface area contributed by atoms with Gasteiger partial charge in [0.05, 0.1) is 12.2 Å². The number of ether oxygens (including phenoxy) is 1. The summed E-state index contributed by atoms with van der Waals surface area (Å²) in [6.07, 6.45) is 0.918. The summed E-state index contributed by atoms with van der Waals surface area (Å²) in [4.78, 5) is 19.9. The van der Waals surface area contributed by atoms with Crippen LogP contribution in [0.4, 0.5) is 5.69 Å². The minimum atomic E-state index is -1.26. The number of thiazole rings is 1. The van der Waals surface area contributed by atoms with Crippen molar-refractivity contribution in [2.24, 2.45) is 0 Å². The first-order valence-corrected chi connectivity index (χ1v) is 10.9. The Morgan fingerprint density at radius 2 is 1.90 bits per heavy atom. The summed E-state index contributed by atoms with van der Waals surface area (Å²) in [6.45, 7) is 8.90. The Morgan fingerprint density at radius 1 is 1.17 bits per heavy atom. The second-order valence-electron chi connectivity index (χ2n) is 8.29. The average Bonchev–Trinajstić information content (AvgIpc) is 3.13. The molecule has 0 aliphatic carbocycles. The topological polar surface area (TPSA) is 62.7 Å². The Kier molecular flexibility index (Phi) is 5.28. The van der Waals surface area contributed by atoms with E-state index in [1.165, 1.54) is 21.7 Å². The standard InChI is InChI=1S/C24H26N2O3S/c1-15-5-7-17(8-6-15)22-25-19-11-12-26(14-21(19)30-22)18-9-10-20(16(2)13-18)29-24(3,4)23(27)28/h5-10,13H,11-12,14H2,1-4H3,(H,27,28). The number of hydrogen-bond acceptors (Lipinski definition) is 5. The first kappa shape index (κ1) is 20.4. The molecule has 156 valence electrons. The number of fused-ring (bicyclic) bond motifs is 1. The molecule has 0 spiro atoms. The zero-order valence-electron chi connectivity index (χ0n) is 17.7. The third-order valence-electron chi connectivity index (χ3n) is 5.43. The SMILES string of the molecule is Cc1ccc(-c2nc3c(s2)CN(c2ccc(OC(C)(C)C(=O)O)c(C)c2)CC3)cc1. The zero-order valence-corrected chi connectivity index (χ0v) is 18.5. The third-order valence-corrected chi connectivity index (χ3v) is 6.57. The molecule has 0 radical (unpaired) electrons. The maximum absolute atomic E-state index is 11.4. The monoisotopic (exact) mass is 422 g/mol. The van der Waals surface area contributed by atoms with E-state index < -0.39 is 11.6 Å². The van der Waals surface area contributed by atoms with Crippen LogP contribution in [0.2, 0.25) is 0 Å². The number of aliphatic carboxylic acids is 1. The maximum Gasteiger partial charge on any atom is 0.347 e. The van der Waals surface area contributed by atoms with Crippen LogP contribution in [0, 0.1) is 13.8 Å². The Hall–Kier alpha value is -2.86. The Balaban J connectivity index is 1.53. The molecule has 1 N–H and O–H groups in total. The predicted octanol–water partition coefficient (Wildman–Crippen LogP) is 5.23. The van der Waals surface area contributed by atoms with E-state index >= 15 is 0 Å². The second-order valence-corrected chi connectivity index (χ2v) is 9.38. The lowest BCUT2D eigenvalue weighted by molar-refractivity contribution is -0.152. The van der Waals surface area contributed by atoms with Gasteiger partial charge in [0.15, 0.2) is 5.60 Å². The van der Waals surface area contributed by atoms with Gasteiger partial charge in [-0.3, -0.25) is 0 Å². The van der Waals surface area contributed by atoms with Gasteiger partial charge in [-0.25, -0.2) is 9.78 Å². The third kappa shape index (κ3) is 4.05. The quantitative estimate of drug-likeness (QED) is 0.610. The fraction of sp³-hybridized carbons (Fsp3) is 0.333. The van der Waals surface area contributed by atoms with Gasteiger partial charge in [0.2, 0.25) is 0 Å². The van der Waals surface area contributed by atoms with Gasteiger partial charge in [0.25, 0.3) is 0 Å². The van der Waals surface area contributed by atoms with E-state index in [0.29, 0.717) is 5.75 Å². The van der Waals surface area contributed by atoms with Crippen LogP contribution >= 0.6 is 11.3 Å². The van der Waals surface area contributed by atoms with E-state index in [-0.39, 0.29) is 0 Å². The summed E-state index contributed by atoms with van der Waals surface area (Å²) in [5.41, 5.74) is 4.40. The van der Waals surface area contributed by atoms with Crippen molar-refractivity contribution in [2.45, 2.75) is 46.3 Å². The molecule has 2 aromatic carbocycles. The lowest BCUT2D eigenvalue weighted by Gasteiger charge is -2.29. The molecule has 0 saturated carbocycles. The van der Waals surface area contributed by atoms with Gasteiger partial charge >= 0.3 is 5.97 Å². The molecule has 0 atom stereocenters. The molecule has 5 nitrogen and oxygen atoms in total. The van der Waals surface area contributed by atoms with Crippen LogP contribution in [0.1, 0.15) is 35.5 Å². The highest BCUT2D eigenvalue weighted by Crippen LogP contribution is 2.35. The van der Waals surface area contributed by atoms with Crippen molar-refractivity contribution in [1.29, 1.82) is 0 Å². The highest BCUT2D eigenvalue weighted by atomic mass is 32.1. The van der Waals surface area contributed by atoms with E-state index in [0.717, 1.165) is 35.8 Å². The van der Waals surface area contributed by atoms with Gasteiger partial charge in [-0.1, -0.05) is 29.8 Å². The molecule has 0 bridgehead atoms. The van der Waals surface area contributed by atoms with E-state index in [1.54, 1.807) is 25.2 Å². The molecule has 0 fully saturated rings. The summed E-state index contributed by atoms with van der Waals surface area (Å²) in [7, 11) is 0. The van der Waals surface area contributed by atoms with Crippen molar-refractivity contribution in [3.8, 4) is 16.3 Å². The minimum absolute atomic E-state index is 0.600. The lowest BCUT2D eigenvalue weighted by Crippen LogP contribution is -2.38. The molecule has 1 aliphatic rings. The fourth-order valence-corrected chi connectivity index (χ4v) is 4.63. The van der Waals surface area contributed by atoms with Crippen molar-refractivity contribution in [2.75, 3.05) is 11.4 Å². The van der Waals surface area contributed by atoms with E-state index in [1.807, 2.05) is 19.1 Å². The molecule has 0 unspecified atom stereocenters. The molecule has 30 heavy (non-hydrogen) atoms. The smallest absolute Gasteiger partial charge is 0.347 e. The average molecular weight is 423 g/mol. The molecular formula is C24H26N2O3S. The maximum atomic E-state index is 11.4. The van der Waals surface area contributed by atoms with Gasteiger partial charge < -0.3 is 14.7 Å². The van der Waals surface area contributed by atoms with Gasteiger partial charge in [0.1, 0.15) is 10.8 Å². The molecule has 4 rings (SSSR count). The first-order valence-electron chi connectivity index (χ1n) is 10.1. The summed E-state index contributed by atoms with van der Waals surface area (Å²) >= 11 is 1.77. The van der Waals surface area contributed by atoms with E-state index in [2.05, 4.69) is 42.2 Å². The van der Waals surface area contributed by atoms with Crippen molar-refractivity contribution >= 4 is 23.0 Å². The highest BCUT2D eigenvalue weighted by Gasteiger charge is 2.30. The minimum Gasteiger partial charge on any atom is -0.478 e. The summed E-state index contributed by atoms with van der Waals surface area (Å²) in [5.74, 6) is -0.382. The number of hydrogen-bond donors (Lipinski definition) is 1. The van der Waals surface area contributed by atoms with E-state index in [4.69, 9.17) is 9.72 Å². The van der Waals surface area contributed by atoms with Crippen LogP contribution in [0.25, 0.3) is 10.6 Å². The Labute approximate surface area is 181 Å². The molecule has 1 aliphatic heterocycles. The fourth-order valence-electron chi connectivity index (χ4n) is 3.50. The zero-order chi connectivity index (χ0) is 21.5. The van der Waals surface area contributed by atoms with Crippen LogP contribution in [0.5, 0.6) is 5.75 Å². The lowest BCUT2D eigenvalue weighted by atomic mass is 10.1. The molecule has 3 aromatic rings. The number of anilines is 1. The Morgan fingerprint density at radius 3 is 2.57 bits per heavy atom. The number of benzene rings is 2. The summed E-state index contributed by atoms with van der Waals surface area (Å²) in [5, 5.41) is 10.4. The van der Waals surface area contributed by atoms with Gasteiger partial charge in [-0.2, -0.15) is 0 Å². The van der Waals surface area contributed by atoms with Crippen LogP contribution in [0.3, 0.4) is 0 Å². The van der Waals surface area contributed by atoms with Crippen LogP contribution in [-0.2, 0) is 17.8 Å². The number of rotatable bonds is 5. The highest BCUT2D eigenvalue weighted by molar-refractivity contribution is 7.15. The van der Waals surface area contributed by atoms with E-state index in [9.17, 15) is 9.90 Å². The number of carboxylic acids is 1. The van der Waals surface area contributed by atoms with Crippen LogP contribution in [0.15, 0.2) is 42.5 Å². The first-order chi connectivity index (χ1) is 14.2. The predicted molar refractivity (Wildman–Crippen MR) is 121 cm³/mol. The van der Waals surface area contributed by atoms with Crippen molar-refractivity contribution in [3.05, 3.63) is 64.2 Å². The van der Waals surface area contributed by atoms with Gasteiger partial charge in [-0.15, -0.1) is 11.3 Å². The largest absolute Gasteiger partial charge is 0.478 e. The molecular weight excluding hydrogens is 396 g/mol. The van der Waals surface area contributed by atoms with Gasteiger partial charge in [-0.05, 0) is 51.5 Å². The van der Waals surface area contributed by atoms with Crippen molar-refractivity contribution in [3.63, 3.8) is 0 Å². The Bertz CT molecular complexity index is 1090. The molecule has 1 aromatic heterocycles. The summed E-state index contributed by atoms with van der Waals surface area (Å²) < 4.78 is 5.73. The number of nitrogens with zero attached hydrogens (tertiary/aromatic N) is 2. The number of carbonyl (C=O) groups is 1. The van der Waals surface area contributed by atoms with Gasteiger partial charge in [0, 0.05) is 29.1 Å². The summed E-state index contributed by atoms with van der Waals surface area (Å²) in [6, 6.07) is 14.5. The van der Waals surface area contributed by atoms with Crippen LogP contribution < -0.4 is 9.64 Å². The molecule has 0 saturated heterocycles. The van der Waals surface area contributed by atoms with Crippen molar-refractivity contribution < 1.29 is 14.6 Å². The van der Waals surface area contributed by atoms with Crippen LogP contribution in [-0.4, -0.2) is 28.2 Å². The number of carboxylic acid groups (broad SMARTS) is 1. The molecule has 2 heterocycles. The second kappa shape index (κ2) is 7.76. The number of aromatic nitrogens is 1. The van der Waals surface area contributed by atoms with Crippen molar-refractivity contribution in [1.82, 2.24) is 4.98 Å².